The fourth-order valence-corrected chi connectivity index (χ4v) is 4.10. The topological polar surface area (TPSA) is 37.3 Å². The van der Waals surface area contributed by atoms with E-state index in [9.17, 15) is 4.79 Å². The maximum Gasteiger partial charge on any atom is 0.161 e. The number of ketones is 1. The first-order valence-corrected chi connectivity index (χ1v) is 6.87. The number of carbonyl (C=O) groups excluding carboxylic acids is 1. The SMILES string of the molecule is C=C1CC[C@@H](C(C)C)[C@@H]2[C@@H](C(=O)CO)CC[C@@H]12. The third kappa shape index (κ3) is 2.20. The van der Waals surface area contributed by atoms with Gasteiger partial charge in [-0.15, -0.1) is 0 Å². The predicted octanol–water partition coefficient (Wildman–Crippen LogP) is 2.81. The van der Waals surface area contributed by atoms with Crippen molar-refractivity contribution in [3.05, 3.63) is 12.2 Å². The number of aliphatic hydroxyl groups excluding tert-OH is 1. The molecule has 2 rings (SSSR count). The molecule has 0 aliphatic heterocycles. The number of rotatable bonds is 3. The average molecular weight is 236 g/mol. The van der Waals surface area contributed by atoms with Gasteiger partial charge in [0.25, 0.3) is 0 Å². The third-order valence-corrected chi connectivity index (χ3v) is 4.96. The molecule has 4 atom stereocenters. The van der Waals surface area contributed by atoms with Crippen molar-refractivity contribution in [1.82, 2.24) is 0 Å². The van der Waals surface area contributed by atoms with Gasteiger partial charge in [-0.3, -0.25) is 4.79 Å². The van der Waals surface area contributed by atoms with Crippen molar-refractivity contribution in [2.24, 2.45) is 29.6 Å². The maximum atomic E-state index is 11.9. The summed E-state index contributed by atoms with van der Waals surface area (Å²) >= 11 is 0. The number of hydrogen-bond acceptors (Lipinski definition) is 2. The van der Waals surface area contributed by atoms with Crippen LogP contribution in [0.1, 0.15) is 39.5 Å². The van der Waals surface area contributed by atoms with Gasteiger partial charge in [-0.1, -0.05) is 26.0 Å². The Balaban J connectivity index is 2.23. The molecular formula is C15H24O2. The van der Waals surface area contributed by atoms with Crippen molar-refractivity contribution in [2.75, 3.05) is 6.61 Å². The van der Waals surface area contributed by atoms with Crippen LogP contribution in [0.25, 0.3) is 0 Å². The van der Waals surface area contributed by atoms with E-state index < -0.39 is 0 Å². The van der Waals surface area contributed by atoms with E-state index in [-0.39, 0.29) is 18.3 Å². The number of aliphatic hydroxyl groups is 1. The average Bonchev–Trinajstić information content (AvgIpc) is 2.73. The van der Waals surface area contributed by atoms with E-state index >= 15 is 0 Å². The van der Waals surface area contributed by atoms with Gasteiger partial charge < -0.3 is 5.11 Å². The number of carbonyl (C=O) groups is 1. The first-order chi connectivity index (χ1) is 8.06. The summed E-state index contributed by atoms with van der Waals surface area (Å²) in [5, 5.41) is 9.10. The normalized spacial score (nSPS) is 37.3. The van der Waals surface area contributed by atoms with Gasteiger partial charge >= 0.3 is 0 Å². The van der Waals surface area contributed by atoms with Crippen LogP contribution in [0, 0.1) is 29.6 Å². The Kier molecular flexibility index (Phi) is 3.72. The highest BCUT2D eigenvalue weighted by molar-refractivity contribution is 5.82. The van der Waals surface area contributed by atoms with Crippen LogP contribution in [-0.2, 0) is 4.79 Å². The fraction of sp³-hybridized carbons (Fsp3) is 0.800. The zero-order valence-corrected chi connectivity index (χ0v) is 11.0. The minimum Gasteiger partial charge on any atom is -0.389 e. The molecule has 17 heavy (non-hydrogen) atoms. The van der Waals surface area contributed by atoms with E-state index in [4.69, 9.17) is 5.11 Å². The molecule has 0 unspecified atom stereocenters. The van der Waals surface area contributed by atoms with Gasteiger partial charge in [-0.05, 0) is 49.4 Å². The first kappa shape index (κ1) is 12.8. The Labute approximate surface area is 104 Å². The monoisotopic (exact) mass is 236 g/mol. The minimum absolute atomic E-state index is 0.0536. The summed E-state index contributed by atoms with van der Waals surface area (Å²) in [5.74, 6) is 2.40. The van der Waals surface area contributed by atoms with Gasteiger partial charge in [-0.25, -0.2) is 0 Å². The van der Waals surface area contributed by atoms with Crippen molar-refractivity contribution >= 4 is 5.78 Å². The number of allylic oxidation sites excluding steroid dienone is 1. The predicted molar refractivity (Wildman–Crippen MR) is 68.5 cm³/mol. The van der Waals surface area contributed by atoms with Crippen molar-refractivity contribution < 1.29 is 9.90 Å². The van der Waals surface area contributed by atoms with Crippen molar-refractivity contribution in [3.63, 3.8) is 0 Å². The smallest absolute Gasteiger partial charge is 0.161 e. The summed E-state index contributed by atoms with van der Waals surface area (Å²) in [6.45, 7) is 8.43. The molecule has 0 spiro atoms. The van der Waals surface area contributed by atoms with E-state index in [1.54, 1.807) is 0 Å². The fourth-order valence-electron chi connectivity index (χ4n) is 4.10. The number of hydrogen-bond donors (Lipinski definition) is 1. The molecule has 0 bridgehead atoms. The van der Waals surface area contributed by atoms with Crippen LogP contribution in [0.5, 0.6) is 0 Å². The molecule has 2 aliphatic carbocycles. The lowest BCUT2D eigenvalue weighted by Gasteiger charge is -2.40. The molecule has 0 aromatic carbocycles. The van der Waals surface area contributed by atoms with Gasteiger partial charge in [-0.2, -0.15) is 0 Å². The summed E-state index contributed by atoms with van der Waals surface area (Å²) in [6.07, 6.45) is 4.36. The summed E-state index contributed by atoms with van der Waals surface area (Å²) in [5.41, 5.74) is 1.35. The molecule has 96 valence electrons. The Morgan fingerprint density at radius 1 is 1.41 bits per heavy atom. The molecule has 2 nitrogen and oxygen atoms in total. The highest BCUT2D eigenvalue weighted by atomic mass is 16.3. The Bertz CT molecular complexity index is 319. The standard InChI is InChI=1S/C15H24O2/c1-9(2)11-5-4-10(3)12-6-7-13(15(11)12)14(17)8-16/h9,11-13,15-16H,3-8H2,1-2H3/t11-,12-,13+,15-/m0/s1. The van der Waals surface area contributed by atoms with Crippen LogP contribution < -0.4 is 0 Å². The maximum absolute atomic E-state index is 11.9. The van der Waals surface area contributed by atoms with E-state index in [1.165, 1.54) is 12.0 Å². The molecule has 0 heterocycles. The lowest BCUT2D eigenvalue weighted by Crippen LogP contribution is -2.36. The lowest BCUT2D eigenvalue weighted by atomic mass is 9.64. The van der Waals surface area contributed by atoms with Crippen LogP contribution in [0.3, 0.4) is 0 Å². The van der Waals surface area contributed by atoms with Crippen molar-refractivity contribution in [2.45, 2.75) is 39.5 Å². The van der Waals surface area contributed by atoms with E-state index in [1.807, 2.05) is 0 Å². The van der Waals surface area contributed by atoms with Gasteiger partial charge in [0.1, 0.15) is 6.61 Å². The van der Waals surface area contributed by atoms with Gasteiger partial charge in [0, 0.05) is 5.92 Å². The molecule has 2 saturated carbocycles. The van der Waals surface area contributed by atoms with Crippen molar-refractivity contribution in [1.29, 1.82) is 0 Å². The highest BCUT2D eigenvalue weighted by Gasteiger charge is 2.47. The van der Waals surface area contributed by atoms with Crippen LogP contribution in [0.2, 0.25) is 0 Å². The first-order valence-electron chi connectivity index (χ1n) is 6.87. The van der Waals surface area contributed by atoms with E-state index in [2.05, 4.69) is 20.4 Å². The minimum atomic E-state index is -0.287. The largest absolute Gasteiger partial charge is 0.389 e. The molecule has 1 N–H and O–H groups in total. The molecule has 0 aromatic rings. The Hall–Kier alpha value is -0.630. The number of Topliss-reactive ketones (excluding diaryl/α,β-unsaturated/α-hetero) is 1. The molecule has 0 saturated heterocycles. The van der Waals surface area contributed by atoms with Crippen molar-refractivity contribution in [3.8, 4) is 0 Å². The Morgan fingerprint density at radius 2 is 2.12 bits per heavy atom. The van der Waals surface area contributed by atoms with E-state index in [0.29, 0.717) is 23.7 Å². The zero-order valence-electron chi connectivity index (χ0n) is 11.0. The van der Waals surface area contributed by atoms with Crippen LogP contribution in [0.4, 0.5) is 0 Å². The molecule has 2 heteroatoms. The quantitative estimate of drug-likeness (QED) is 0.765. The van der Waals surface area contributed by atoms with Crippen LogP contribution in [0.15, 0.2) is 12.2 Å². The second kappa shape index (κ2) is 4.93. The summed E-state index contributed by atoms with van der Waals surface area (Å²) in [7, 11) is 0. The Morgan fingerprint density at radius 3 is 2.71 bits per heavy atom. The van der Waals surface area contributed by atoms with E-state index in [0.717, 1.165) is 19.3 Å². The highest BCUT2D eigenvalue weighted by Crippen LogP contribution is 2.52. The third-order valence-electron chi connectivity index (χ3n) is 4.96. The van der Waals surface area contributed by atoms with Crippen LogP contribution >= 0.6 is 0 Å². The van der Waals surface area contributed by atoms with Gasteiger partial charge in [0.2, 0.25) is 0 Å². The molecule has 0 radical (unpaired) electrons. The van der Waals surface area contributed by atoms with Crippen LogP contribution in [-0.4, -0.2) is 17.5 Å². The van der Waals surface area contributed by atoms with Gasteiger partial charge in [0.15, 0.2) is 5.78 Å². The molecule has 2 fully saturated rings. The molecular weight excluding hydrogens is 212 g/mol. The number of fused-ring (bicyclic) bond motifs is 1. The molecule has 0 aromatic heterocycles. The molecule has 0 amide bonds. The second-order valence-electron chi connectivity index (χ2n) is 6.10. The summed E-state index contributed by atoms with van der Waals surface area (Å²) in [6, 6.07) is 0. The van der Waals surface area contributed by atoms with Gasteiger partial charge in [0.05, 0.1) is 0 Å². The zero-order chi connectivity index (χ0) is 12.6. The lowest BCUT2D eigenvalue weighted by molar-refractivity contribution is -0.128. The second-order valence-corrected chi connectivity index (χ2v) is 6.10. The summed E-state index contributed by atoms with van der Waals surface area (Å²) < 4.78 is 0. The molecule has 2 aliphatic rings. The summed E-state index contributed by atoms with van der Waals surface area (Å²) in [4.78, 5) is 11.9.